The third-order valence-electron chi connectivity index (χ3n) is 4.02. The van der Waals surface area contributed by atoms with E-state index in [2.05, 4.69) is 10.3 Å². The molecule has 3 rings (SSSR count). The number of morpholine rings is 1. The molecule has 0 unspecified atom stereocenters. The Hall–Kier alpha value is -2.44. The van der Waals surface area contributed by atoms with Gasteiger partial charge in [0.25, 0.3) is 11.8 Å². The molecular formula is C18H18ClN3O3. The van der Waals surface area contributed by atoms with Crippen molar-refractivity contribution in [2.24, 2.45) is 0 Å². The van der Waals surface area contributed by atoms with Gasteiger partial charge in [-0.2, -0.15) is 0 Å². The summed E-state index contributed by atoms with van der Waals surface area (Å²) in [5.41, 5.74) is 1.82. The molecule has 1 N–H and O–H groups in total. The van der Waals surface area contributed by atoms with Gasteiger partial charge in [-0.15, -0.1) is 0 Å². The molecule has 0 saturated carbocycles. The Morgan fingerprint density at radius 3 is 2.56 bits per heavy atom. The minimum atomic E-state index is -0.387. The van der Waals surface area contributed by atoms with Crippen molar-refractivity contribution in [2.45, 2.75) is 6.92 Å². The number of carbonyl (C=O) groups excluding carboxylic acids is 2. The van der Waals surface area contributed by atoms with Gasteiger partial charge in [-0.25, -0.2) is 4.98 Å². The van der Waals surface area contributed by atoms with Crippen molar-refractivity contribution in [1.29, 1.82) is 0 Å². The van der Waals surface area contributed by atoms with E-state index in [1.54, 1.807) is 41.3 Å². The molecule has 0 atom stereocenters. The zero-order chi connectivity index (χ0) is 17.8. The van der Waals surface area contributed by atoms with Gasteiger partial charge in [0.2, 0.25) is 0 Å². The van der Waals surface area contributed by atoms with Gasteiger partial charge >= 0.3 is 0 Å². The average Bonchev–Trinajstić information content (AvgIpc) is 2.65. The smallest absolute Gasteiger partial charge is 0.274 e. The molecule has 1 aliphatic heterocycles. The summed E-state index contributed by atoms with van der Waals surface area (Å²) in [6.07, 6.45) is 0. The van der Waals surface area contributed by atoms with Crippen LogP contribution in [0.4, 0.5) is 5.69 Å². The number of rotatable bonds is 3. The molecule has 1 saturated heterocycles. The largest absolute Gasteiger partial charge is 0.378 e. The molecule has 1 aromatic carbocycles. The van der Waals surface area contributed by atoms with Crippen LogP contribution < -0.4 is 5.32 Å². The van der Waals surface area contributed by atoms with Crippen LogP contribution in [0.3, 0.4) is 0 Å². The van der Waals surface area contributed by atoms with Gasteiger partial charge in [-0.3, -0.25) is 9.59 Å². The van der Waals surface area contributed by atoms with Crippen LogP contribution in [0.2, 0.25) is 5.02 Å². The van der Waals surface area contributed by atoms with Gasteiger partial charge in [0.15, 0.2) is 0 Å². The Bertz CT molecular complexity index is 804. The summed E-state index contributed by atoms with van der Waals surface area (Å²) in [6.45, 7) is 3.90. The molecule has 2 heterocycles. The number of halogens is 1. The van der Waals surface area contributed by atoms with E-state index < -0.39 is 0 Å². The van der Waals surface area contributed by atoms with Gasteiger partial charge in [0.05, 0.1) is 13.2 Å². The summed E-state index contributed by atoms with van der Waals surface area (Å²) in [5.74, 6) is -0.584. The SMILES string of the molecule is Cc1c(Cl)cccc1NC(=O)c1cccc(C(=O)N2CCOCC2)n1. The van der Waals surface area contributed by atoms with Crippen LogP contribution in [-0.4, -0.2) is 48.0 Å². The number of benzene rings is 1. The van der Waals surface area contributed by atoms with Crippen molar-refractivity contribution in [1.82, 2.24) is 9.88 Å². The first-order valence-corrected chi connectivity index (χ1v) is 8.34. The highest BCUT2D eigenvalue weighted by molar-refractivity contribution is 6.31. The van der Waals surface area contributed by atoms with Gasteiger partial charge in [0, 0.05) is 23.8 Å². The van der Waals surface area contributed by atoms with E-state index in [9.17, 15) is 9.59 Å². The standard InChI is InChI=1S/C18H18ClN3O3/c1-12-13(19)4-2-5-14(12)21-17(23)15-6-3-7-16(20-15)18(24)22-8-10-25-11-9-22/h2-7H,8-11H2,1H3,(H,21,23). The van der Waals surface area contributed by atoms with E-state index in [1.165, 1.54) is 0 Å². The Balaban J connectivity index is 1.77. The molecule has 1 aliphatic rings. The van der Waals surface area contributed by atoms with Crippen LogP contribution in [-0.2, 0) is 4.74 Å². The summed E-state index contributed by atoms with van der Waals surface area (Å²) >= 11 is 6.07. The number of amides is 2. The highest BCUT2D eigenvalue weighted by atomic mass is 35.5. The molecule has 0 aliphatic carbocycles. The Kier molecular flexibility index (Phi) is 5.31. The van der Waals surface area contributed by atoms with Crippen molar-refractivity contribution in [3.8, 4) is 0 Å². The zero-order valence-electron chi connectivity index (χ0n) is 13.8. The number of anilines is 1. The van der Waals surface area contributed by atoms with Crippen LogP contribution in [0.15, 0.2) is 36.4 Å². The first-order chi connectivity index (χ1) is 12.1. The summed E-state index contributed by atoms with van der Waals surface area (Å²) in [7, 11) is 0. The van der Waals surface area contributed by atoms with Crippen LogP contribution in [0.5, 0.6) is 0 Å². The predicted molar refractivity (Wildman–Crippen MR) is 95.1 cm³/mol. The lowest BCUT2D eigenvalue weighted by Gasteiger charge is -2.26. The molecule has 6 nitrogen and oxygen atoms in total. The van der Waals surface area contributed by atoms with E-state index >= 15 is 0 Å². The molecular weight excluding hydrogens is 342 g/mol. The number of nitrogens with zero attached hydrogens (tertiary/aromatic N) is 2. The zero-order valence-corrected chi connectivity index (χ0v) is 14.5. The monoisotopic (exact) mass is 359 g/mol. The lowest BCUT2D eigenvalue weighted by atomic mass is 10.2. The lowest BCUT2D eigenvalue weighted by molar-refractivity contribution is 0.0299. The quantitative estimate of drug-likeness (QED) is 0.914. The highest BCUT2D eigenvalue weighted by Gasteiger charge is 2.21. The van der Waals surface area contributed by atoms with Crippen molar-refractivity contribution in [3.05, 3.63) is 58.4 Å². The maximum Gasteiger partial charge on any atom is 0.274 e. The number of ether oxygens (including phenoxy) is 1. The number of hydrogen-bond acceptors (Lipinski definition) is 4. The molecule has 0 spiro atoms. The Morgan fingerprint density at radius 1 is 1.12 bits per heavy atom. The minimum Gasteiger partial charge on any atom is -0.378 e. The number of aromatic nitrogens is 1. The molecule has 1 fully saturated rings. The average molecular weight is 360 g/mol. The number of pyridine rings is 1. The fraction of sp³-hybridized carbons (Fsp3) is 0.278. The summed E-state index contributed by atoms with van der Waals surface area (Å²) in [5, 5.41) is 3.35. The van der Waals surface area contributed by atoms with E-state index in [4.69, 9.17) is 16.3 Å². The maximum atomic E-state index is 12.5. The molecule has 0 radical (unpaired) electrons. The fourth-order valence-corrected chi connectivity index (χ4v) is 2.71. The maximum absolute atomic E-state index is 12.5. The molecule has 130 valence electrons. The van der Waals surface area contributed by atoms with E-state index in [-0.39, 0.29) is 23.2 Å². The molecule has 1 aromatic heterocycles. The first kappa shape index (κ1) is 17.4. The number of hydrogen-bond donors (Lipinski definition) is 1. The van der Waals surface area contributed by atoms with Crippen molar-refractivity contribution in [3.63, 3.8) is 0 Å². The highest BCUT2D eigenvalue weighted by Crippen LogP contribution is 2.23. The number of nitrogens with one attached hydrogen (secondary N) is 1. The first-order valence-electron chi connectivity index (χ1n) is 7.97. The van der Waals surface area contributed by atoms with E-state index in [0.29, 0.717) is 37.0 Å². The van der Waals surface area contributed by atoms with Crippen molar-refractivity contribution < 1.29 is 14.3 Å². The van der Waals surface area contributed by atoms with Crippen molar-refractivity contribution in [2.75, 3.05) is 31.6 Å². The second-order valence-corrected chi connectivity index (χ2v) is 6.09. The molecule has 2 amide bonds. The Labute approximate surface area is 150 Å². The second kappa shape index (κ2) is 7.63. The van der Waals surface area contributed by atoms with Gasteiger partial charge in [-0.05, 0) is 36.8 Å². The van der Waals surface area contributed by atoms with E-state index in [1.807, 2.05) is 6.92 Å². The van der Waals surface area contributed by atoms with Crippen LogP contribution in [0.25, 0.3) is 0 Å². The van der Waals surface area contributed by atoms with E-state index in [0.717, 1.165) is 5.56 Å². The normalized spacial score (nSPS) is 14.2. The van der Waals surface area contributed by atoms with Crippen molar-refractivity contribution >= 4 is 29.1 Å². The molecule has 2 aromatic rings. The number of carbonyl (C=O) groups is 2. The van der Waals surface area contributed by atoms with Crippen LogP contribution in [0.1, 0.15) is 26.5 Å². The summed E-state index contributed by atoms with van der Waals surface area (Å²) < 4.78 is 5.25. The van der Waals surface area contributed by atoms with Crippen LogP contribution in [0, 0.1) is 6.92 Å². The molecule has 0 bridgehead atoms. The van der Waals surface area contributed by atoms with Crippen LogP contribution >= 0.6 is 11.6 Å². The molecule has 7 heteroatoms. The summed E-state index contributed by atoms with van der Waals surface area (Å²) in [6, 6.07) is 10.1. The van der Waals surface area contributed by atoms with Gasteiger partial charge in [0.1, 0.15) is 11.4 Å². The molecule has 25 heavy (non-hydrogen) atoms. The third-order valence-corrected chi connectivity index (χ3v) is 4.42. The van der Waals surface area contributed by atoms with Gasteiger partial charge in [-0.1, -0.05) is 23.7 Å². The Morgan fingerprint density at radius 2 is 1.80 bits per heavy atom. The third kappa shape index (κ3) is 3.97. The minimum absolute atomic E-state index is 0.179. The lowest BCUT2D eigenvalue weighted by Crippen LogP contribution is -2.41. The van der Waals surface area contributed by atoms with Gasteiger partial charge < -0.3 is 15.0 Å². The predicted octanol–water partition coefficient (Wildman–Crippen LogP) is 2.77. The second-order valence-electron chi connectivity index (χ2n) is 5.68. The fourth-order valence-electron chi connectivity index (χ4n) is 2.54. The summed E-state index contributed by atoms with van der Waals surface area (Å²) in [4.78, 5) is 30.9. The topological polar surface area (TPSA) is 71.5 Å².